The second kappa shape index (κ2) is 10.3. The maximum atomic E-state index is 13.1. The predicted octanol–water partition coefficient (Wildman–Crippen LogP) is 3.44. The van der Waals surface area contributed by atoms with Crippen molar-refractivity contribution in [3.8, 4) is 0 Å². The molecular weight excluding hydrogens is 412 g/mol. The highest BCUT2D eigenvalue weighted by molar-refractivity contribution is 14.0. The van der Waals surface area contributed by atoms with Crippen LogP contribution in [0.5, 0.6) is 0 Å². The maximum Gasteiger partial charge on any atom is 0.191 e. The topological polar surface area (TPSA) is 36.4 Å². The van der Waals surface area contributed by atoms with E-state index in [1.54, 1.807) is 19.2 Å². The Kier molecular flexibility index (Phi) is 9.16. The fourth-order valence-corrected chi connectivity index (χ4v) is 3.49. The number of aliphatic imine (C=N–C) groups is 1. The number of nitrogens with one attached hydrogen (secondary N) is 2. The van der Waals surface area contributed by atoms with Crippen LogP contribution < -0.4 is 10.6 Å². The average molecular weight is 437 g/mol. The molecule has 1 fully saturated rings. The maximum absolute atomic E-state index is 13.1. The fraction of sp³-hybridized carbons (Fsp3) is 0.562. The Hall–Kier alpha value is -0.500. The second-order valence-electron chi connectivity index (χ2n) is 5.39. The fourth-order valence-electron chi connectivity index (χ4n) is 2.69. The van der Waals surface area contributed by atoms with E-state index in [1.165, 1.54) is 25.3 Å². The number of benzene rings is 1. The van der Waals surface area contributed by atoms with Gasteiger partial charge in [-0.3, -0.25) is 4.99 Å². The Bertz CT molecular complexity index is 484. The highest BCUT2D eigenvalue weighted by Gasteiger charge is 2.24. The molecule has 1 aromatic carbocycles. The molecule has 0 aliphatic heterocycles. The number of rotatable bonds is 5. The lowest BCUT2D eigenvalue weighted by atomic mass is 10.1. The van der Waals surface area contributed by atoms with Crippen molar-refractivity contribution >= 4 is 41.7 Å². The number of hydrogen-bond donors (Lipinski definition) is 2. The molecule has 0 bridgehead atoms. The Morgan fingerprint density at radius 3 is 2.86 bits per heavy atom. The van der Waals surface area contributed by atoms with Gasteiger partial charge in [-0.2, -0.15) is 11.8 Å². The molecule has 0 saturated heterocycles. The van der Waals surface area contributed by atoms with E-state index in [2.05, 4.69) is 21.9 Å². The zero-order valence-corrected chi connectivity index (χ0v) is 16.3. The van der Waals surface area contributed by atoms with Gasteiger partial charge < -0.3 is 10.6 Å². The molecule has 22 heavy (non-hydrogen) atoms. The molecule has 0 heterocycles. The minimum Gasteiger partial charge on any atom is -0.356 e. The third-order valence-corrected chi connectivity index (χ3v) is 4.97. The minimum atomic E-state index is -0.177. The average Bonchev–Trinajstić information content (AvgIpc) is 2.94. The van der Waals surface area contributed by atoms with Gasteiger partial charge in [0.15, 0.2) is 5.96 Å². The van der Waals surface area contributed by atoms with Gasteiger partial charge in [-0.1, -0.05) is 12.1 Å². The Labute approximate surface area is 154 Å². The first-order valence-electron chi connectivity index (χ1n) is 7.45. The summed E-state index contributed by atoms with van der Waals surface area (Å²) in [4.78, 5) is 4.26. The van der Waals surface area contributed by atoms with Gasteiger partial charge in [0.2, 0.25) is 0 Å². The Morgan fingerprint density at radius 1 is 1.41 bits per heavy atom. The van der Waals surface area contributed by atoms with E-state index >= 15 is 0 Å². The van der Waals surface area contributed by atoms with Gasteiger partial charge in [0.25, 0.3) is 0 Å². The quantitative estimate of drug-likeness (QED) is 0.421. The third kappa shape index (κ3) is 6.32. The van der Waals surface area contributed by atoms with Crippen LogP contribution in [-0.2, 0) is 6.42 Å². The Morgan fingerprint density at radius 2 is 2.23 bits per heavy atom. The van der Waals surface area contributed by atoms with Gasteiger partial charge in [-0.05, 0) is 49.6 Å². The number of nitrogens with zero attached hydrogens (tertiary/aromatic N) is 1. The van der Waals surface area contributed by atoms with Crippen molar-refractivity contribution in [3.63, 3.8) is 0 Å². The number of halogens is 2. The largest absolute Gasteiger partial charge is 0.356 e. The summed E-state index contributed by atoms with van der Waals surface area (Å²) in [6, 6.07) is 7.26. The zero-order valence-electron chi connectivity index (χ0n) is 13.1. The molecule has 0 amide bonds. The van der Waals surface area contributed by atoms with Gasteiger partial charge in [0.1, 0.15) is 5.82 Å². The first-order valence-corrected chi connectivity index (χ1v) is 8.74. The van der Waals surface area contributed by atoms with Crippen LogP contribution in [0.15, 0.2) is 29.3 Å². The molecule has 0 radical (unpaired) electrons. The summed E-state index contributed by atoms with van der Waals surface area (Å²) in [5.74, 6) is 0.669. The predicted molar refractivity (Wildman–Crippen MR) is 105 cm³/mol. The number of hydrogen-bond acceptors (Lipinski definition) is 2. The monoisotopic (exact) mass is 437 g/mol. The first kappa shape index (κ1) is 19.5. The van der Waals surface area contributed by atoms with Gasteiger partial charge in [-0.15, -0.1) is 24.0 Å². The first-order chi connectivity index (χ1) is 10.2. The summed E-state index contributed by atoms with van der Waals surface area (Å²) < 4.78 is 13.1. The molecule has 1 aliphatic carbocycles. The number of thioether (sulfide) groups is 1. The molecule has 6 heteroatoms. The molecule has 2 unspecified atom stereocenters. The van der Waals surface area contributed by atoms with Crippen LogP contribution >= 0.6 is 35.7 Å². The van der Waals surface area contributed by atoms with Crippen LogP contribution in [-0.4, -0.2) is 37.1 Å². The van der Waals surface area contributed by atoms with Crippen LogP contribution in [0.25, 0.3) is 0 Å². The van der Waals surface area contributed by atoms with Crippen LogP contribution in [0.2, 0.25) is 0 Å². The van der Waals surface area contributed by atoms with Crippen LogP contribution in [0.3, 0.4) is 0 Å². The van der Waals surface area contributed by atoms with Crippen molar-refractivity contribution in [2.45, 2.75) is 37.0 Å². The van der Waals surface area contributed by atoms with Crippen LogP contribution in [0.1, 0.15) is 24.8 Å². The Balaban J connectivity index is 0.00000242. The van der Waals surface area contributed by atoms with Crippen LogP contribution in [0.4, 0.5) is 4.39 Å². The molecule has 1 aliphatic rings. The molecule has 1 aromatic rings. The van der Waals surface area contributed by atoms with Crippen molar-refractivity contribution < 1.29 is 4.39 Å². The summed E-state index contributed by atoms with van der Waals surface area (Å²) in [6.45, 7) is 0.752. The summed E-state index contributed by atoms with van der Waals surface area (Å²) in [6.07, 6.45) is 6.65. The summed E-state index contributed by atoms with van der Waals surface area (Å²) >= 11 is 1.95. The van der Waals surface area contributed by atoms with Gasteiger partial charge in [0.05, 0.1) is 0 Å². The lowest BCUT2D eigenvalue weighted by Gasteiger charge is -2.17. The summed E-state index contributed by atoms with van der Waals surface area (Å²) in [7, 11) is 1.79. The van der Waals surface area contributed by atoms with E-state index in [1.807, 2.05) is 17.8 Å². The number of guanidine groups is 1. The summed E-state index contributed by atoms with van der Waals surface area (Å²) in [5, 5.41) is 7.56. The molecule has 124 valence electrons. The highest BCUT2D eigenvalue weighted by Crippen LogP contribution is 2.27. The molecule has 1 saturated carbocycles. The highest BCUT2D eigenvalue weighted by atomic mass is 127. The standard InChI is InChI=1S/C16H24FN3S.HI/c1-18-16(20-14-6-7-15(11-14)21-2)19-9-8-12-4-3-5-13(17)10-12;/h3-5,10,14-15H,6-9,11H2,1-2H3,(H2,18,19,20);1H. The molecule has 2 rings (SSSR count). The van der Waals surface area contributed by atoms with E-state index in [-0.39, 0.29) is 29.8 Å². The summed E-state index contributed by atoms with van der Waals surface area (Å²) in [5.41, 5.74) is 1.00. The minimum absolute atomic E-state index is 0. The van der Waals surface area contributed by atoms with Gasteiger partial charge in [-0.25, -0.2) is 4.39 Å². The van der Waals surface area contributed by atoms with E-state index < -0.39 is 0 Å². The van der Waals surface area contributed by atoms with Gasteiger partial charge in [0, 0.05) is 24.9 Å². The molecule has 2 N–H and O–H groups in total. The molecule has 0 aromatic heterocycles. The lowest BCUT2D eigenvalue weighted by molar-refractivity contribution is 0.613. The van der Waals surface area contributed by atoms with Crippen molar-refractivity contribution in [3.05, 3.63) is 35.6 Å². The van der Waals surface area contributed by atoms with E-state index in [0.29, 0.717) is 6.04 Å². The SMILES string of the molecule is CN=C(NCCc1cccc(F)c1)NC1CCC(SC)C1.I. The van der Waals surface area contributed by atoms with Gasteiger partial charge >= 0.3 is 0 Å². The molecule has 2 atom stereocenters. The smallest absolute Gasteiger partial charge is 0.191 e. The van der Waals surface area contributed by atoms with E-state index in [9.17, 15) is 4.39 Å². The van der Waals surface area contributed by atoms with Crippen LogP contribution in [0, 0.1) is 5.82 Å². The van der Waals surface area contributed by atoms with Crippen molar-refractivity contribution in [2.24, 2.45) is 4.99 Å². The van der Waals surface area contributed by atoms with Crippen molar-refractivity contribution in [2.75, 3.05) is 19.8 Å². The van der Waals surface area contributed by atoms with Crippen molar-refractivity contribution in [1.29, 1.82) is 0 Å². The normalized spacial score (nSPS) is 21.3. The molecule has 0 spiro atoms. The van der Waals surface area contributed by atoms with Crippen molar-refractivity contribution in [1.82, 2.24) is 10.6 Å². The zero-order chi connectivity index (χ0) is 15.1. The lowest BCUT2D eigenvalue weighted by Crippen LogP contribution is -2.43. The van der Waals surface area contributed by atoms with E-state index in [0.717, 1.165) is 29.7 Å². The third-order valence-electron chi connectivity index (χ3n) is 3.88. The second-order valence-corrected chi connectivity index (χ2v) is 6.53. The van der Waals surface area contributed by atoms with E-state index in [4.69, 9.17) is 0 Å². The molecular formula is C16H25FIN3S. The molecule has 3 nitrogen and oxygen atoms in total.